The third-order valence-corrected chi connectivity index (χ3v) is 4.17. The smallest absolute Gasteiger partial charge is 0.408 e. The second-order valence-electron chi connectivity index (χ2n) is 6.68. The Kier molecular flexibility index (Phi) is 9.03. The molecule has 0 radical (unpaired) electrons. The Bertz CT molecular complexity index is 887. The van der Waals surface area contributed by atoms with Crippen LogP contribution >= 0.6 is 0 Å². The van der Waals surface area contributed by atoms with Gasteiger partial charge in [-0.2, -0.15) is 0 Å². The van der Waals surface area contributed by atoms with E-state index in [1.54, 1.807) is 48.5 Å². The van der Waals surface area contributed by atoms with E-state index in [-0.39, 0.29) is 13.2 Å². The van der Waals surface area contributed by atoms with Crippen LogP contribution in [0.15, 0.2) is 60.7 Å². The topological polar surface area (TPSA) is 131 Å². The Hall–Kier alpha value is -3.88. The predicted molar refractivity (Wildman–Crippen MR) is 110 cm³/mol. The number of hydrogen-bond donors (Lipinski definition) is 3. The zero-order chi connectivity index (χ0) is 22.6. The van der Waals surface area contributed by atoms with Crippen LogP contribution in [0.5, 0.6) is 0 Å². The van der Waals surface area contributed by atoms with Crippen LogP contribution in [0.3, 0.4) is 0 Å². The number of amides is 2. The molecule has 0 saturated carbocycles. The van der Waals surface area contributed by atoms with Crippen LogP contribution in [-0.4, -0.2) is 41.1 Å². The predicted octanol–water partition coefficient (Wildman–Crippen LogP) is 2.00. The zero-order valence-corrected chi connectivity index (χ0v) is 16.9. The van der Waals surface area contributed by atoms with Crippen molar-refractivity contribution >= 4 is 23.9 Å². The van der Waals surface area contributed by atoms with Crippen molar-refractivity contribution in [1.82, 2.24) is 10.6 Å². The molecule has 0 aromatic heterocycles. The highest BCUT2D eigenvalue weighted by Crippen LogP contribution is 2.04. The van der Waals surface area contributed by atoms with Gasteiger partial charge in [0.05, 0.1) is 6.42 Å². The largest absolute Gasteiger partial charge is 0.480 e. The van der Waals surface area contributed by atoms with Gasteiger partial charge in [-0.3, -0.25) is 9.59 Å². The molecule has 9 nitrogen and oxygen atoms in total. The number of carboxylic acid groups (broad SMARTS) is 1. The Morgan fingerprint density at radius 2 is 1.35 bits per heavy atom. The minimum atomic E-state index is -1.50. The molecule has 0 saturated heterocycles. The van der Waals surface area contributed by atoms with E-state index in [2.05, 4.69) is 10.6 Å². The van der Waals surface area contributed by atoms with Crippen LogP contribution < -0.4 is 10.6 Å². The fraction of sp³-hybridized carbons (Fsp3) is 0.273. The minimum absolute atomic E-state index is 0.00876. The molecule has 2 rings (SSSR count). The van der Waals surface area contributed by atoms with E-state index >= 15 is 0 Å². The molecule has 31 heavy (non-hydrogen) atoms. The monoisotopic (exact) mass is 428 g/mol. The van der Waals surface area contributed by atoms with Gasteiger partial charge in [-0.25, -0.2) is 9.59 Å². The quantitative estimate of drug-likeness (QED) is 0.493. The summed E-state index contributed by atoms with van der Waals surface area (Å²) in [6.07, 6.45) is -1.39. The van der Waals surface area contributed by atoms with E-state index in [0.717, 1.165) is 11.1 Å². The highest BCUT2D eigenvalue weighted by atomic mass is 16.5. The molecule has 0 fully saturated rings. The van der Waals surface area contributed by atoms with Gasteiger partial charge in [0.2, 0.25) is 5.91 Å². The number of benzene rings is 2. The first kappa shape index (κ1) is 23.4. The van der Waals surface area contributed by atoms with Gasteiger partial charge in [0.15, 0.2) is 0 Å². The summed E-state index contributed by atoms with van der Waals surface area (Å²) >= 11 is 0. The lowest BCUT2D eigenvalue weighted by Crippen LogP contribution is -2.51. The van der Waals surface area contributed by atoms with Gasteiger partial charge in [-0.15, -0.1) is 0 Å². The van der Waals surface area contributed by atoms with Gasteiger partial charge in [-0.05, 0) is 18.1 Å². The van der Waals surface area contributed by atoms with Gasteiger partial charge >= 0.3 is 18.0 Å². The number of ether oxygens (including phenoxy) is 2. The molecule has 0 aliphatic rings. The normalized spacial score (nSPS) is 12.2. The number of aliphatic carboxylic acids is 1. The third-order valence-electron chi connectivity index (χ3n) is 4.17. The van der Waals surface area contributed by atoms with Gasteiger partial charge < -0.3 is 25.2 Å². The molecule has 0 aliphatic heterocycles. The highest BCUT2D eigenvalue weighted by Gasteiger charge is 2.27. The average molecular weight is 428 g/mol. The second kappa shape index (κ2) is 12.0. The van der Waals surface area contributed by atoms with Crippen molar-refractivity contribution in [2.75, 3.05) is 0 Å². The molecule has 0 spiro atoms. The van der Waals surface area contributed by atoms with Crippen LogP contribution in [0.1, 0.15) is 24.5 Å². The first-order valence-corrected chi connectivity index (χ1v) is 9.55. The van der Waals surface area contributed by atoms with Crippen LogP contribution in [0.25, 0.3) is 0 Å². The molecule has 0 bridgehead atoms. The molecule has 2 amide bonds. The first-order chi connectivity index (χ1) is 14.8. The SMILES string of the molecule is C[C@H](NC(=O)OCc1ccccc1)C(=O)N[C@@H](CC(=O)OCc1ccccc1)C(=O)O. The van der Waals surface area contributed by atoms with Crippen molar-refractivity contribution in [1.29, 1.82) is 0 Å². The lowest BCUT2D eigenvalue weighted by atomic mass is 10.2. The maximum Gasteiger partial charge on any atom is 0.408 e. The number of nitrogens with one attached hydrogen (secondary N) is 2. The summed E-state index contributed by atoms with van der Waals surface area (Å²) in [5, 5.41) is 13.8. The maximum absolute atomic E-state index is 12.2. The van der Waals surface area contributed by atoms with E-state index in [1.165, 1.54) is 6.92 Å². The summed E-state index contributed by atoms with van der Waals surface area (Å²) in [6.45, 7) is 1.38. The van der Waals surface area contributed by atoms with E-state index in [0.29, 0.717) is 0 Å². The molecule has 3 N–H and O–H groups in total. The summed E-state index contributed by atoms with van der Waals surface area (Å²) in [6, 6.07) is 15.3. The van der Waals surface area contributed by atoms with Gasteiger partial charge in [-0.1, -0.05) is 60.7 Å². The zero-order valence-electron chi connectivity index (χ0n) is 16.9. The average Bonchev–Trinajstić information content (AvgIpc) is 2.77. The highest BCUT2D eigenvalue weighted by molar-refractivity contribution is 5.90. The summed E-state index contributed by atoms with van der Waals surface area (Å²) in [5.41, 5.74) is 1.52. The third kappa shape index (κ3) is 8.57. The lowest BCUT2D eigenvalue weighted by molar-refractivity contribution is -0.151. The lowest BCUT2D eigenvalue weighted by Gasteiger charge is -2.18. The van der Waals surface area contributed by atoms with Crippen LogP contribution in [0, 0.1) is 0 Å². The summed E-state index contributed by atoms with van der Waals surface area (Å²) in [4.78, 5) is 47.4. The molecule has 0 unspecified atom stereocenters. The van der Waals surface area contributed by atoms with Crippen LogP contribution in [-0.2, 0) is 37.1 Å². The summed E-state index contributed by atoms with van der Waals surface area (Å²) < 4.78 is 10.1. The summed E-state index contributed by atoms with van der Waals surface area (Å²) in [5.74, 6) is -2.96. The molecule has 9 heteroatoms. The Labute approximate surface area is 179 Å². The van der Waals surface area contributed by atoms with Crippen molar-refractivity contribution in [3.05, 3.63) is 71.8 Å². The first-order valence-electron chi connectivity index (χ1n) is 9.55. The van der Waals surface area contributed by atoms with E-state index in [4.69, 9.17) is 9.47 Å². The van der Waals surface area contributed by atoms with E-state index in [1.807, 2.05) is 12.1 Å². The van der Waals surface area contributed by atoms with Crippen LogP contribution in [0.4, 0.5) is 4.79 Å². The summed E-state index contributed by atoms with van der Waals surface area (Å²) in [7, 11) is 0. The van der Waals surface area contributed by atoms with Crippen molar-refractivity contribution in [3.63, 3.8) is 0 Å². The van der Waals surface area contributed by atoms with Gasteiger partial charge in [0, 0.05) is 0 Å². The molecule has 0 aliphatic carbocycles. The van der Waals surface area contributed by atoms with Crippen molar-refractivity contribution in [3.8, 4) is 0 Å². The standard InChI is InChI=1S/C22H24N2O7/c1-15(23-22(29)31-14-17-10-6-3-7-11-17)20(26)24-18(21(27)28)12-19(25)30-13-16-8-4-2-5-9-16/h2-11,15,18H,12-14H2,1H3,(H,23,29)(H,24,26)(H,27,28)/t15-,18-/m0/s1. The van der Waals surface area contributed by atoms with E-state index < -0.39 is 42.4 Å². The number of carbonyl (C=O) groups is 4. The van der Waals surface area contributed by atoms with Crippen molar-refractivity contribution in [2.24, 2.45) is 0 Å². The van der Waals surface area contributed by atoms with Crippen LogP contribution in [0.2, 0.25) is 0 Å². The fourth-order valence-electron chi connectivity index (χ4n) is 2.47. The molecular formula is C22H24N2O7. The number of alkyl carbamates (subject to hydrolysis) is 1. The number of esters is 1. The Balaban J connectivity index is 1.78. The minimum Gasteiger partial charge on any atom is -0.480 e. The molecular weight excluding hydrogens is 404 g/mol. The number of carbonyl (C=O) groups excluding carboxylic acids is 3. The molecule has 0 heterocycles. The number of hydrogen-bond acceptors (Lipinski definition) is 6. The van der Waals surface area contributed by atoms with E-state index in [9.17, 15) is 24.3 Å². The van der Waals surface area contributed by atoms with Gasteiger partial charge in [0.25, 0.3) is 0 Å². The van der Waals surface area contributed by atoms with Gasteiger partial charge in [0.1, 0.15) is 25.3 Å². The molecule has 2 aromatic rings. The van der Waals surface area contributed by atoms with Crippen molar-refractivity contribution in [2.45, 2.75) is 38.6 Å². The molecule has 2 aromatic carbocycles. The maximum atomic E-state index is 12.2. The number of rotatable bonds is 10. The van der Waals surface area contributed by atoms with Crippen molar-refractivity contribution < 1.29 is 33.8 Å². The fourth-order valence-corrected chi connectivity index (χ4v) is 2.47. The Morgan fingerprint density at radius 1 is 0.839 bits per heavy atom. The molecule has 164 valence electrons. The molecule has 2 atom stereocenters. The Morgan fingerprint density at radius 3 is 1.87 bits per heavy atom. The number of carboxylic acids is 1. The second-order valence-corrected chi connectivity index (χ2v) is 6.68.